The highest BCUT2D eigenvalue weighted by atomic mass is 28.4. The fraction of sp³-hybridized carbons (Fsp3) is 0.391. The van der Waals surface area contributed by atoms with Gasteiger partial charge in [-0.15, -0.1) is 6.58 Å². The molecule has 1 saturated heterocycles. The highest BCUT2D eigenvalue weighted by Crippen LogP contribution is 2.37. The Morgan fingerprint density at radius 1 is 1.00 bits per heavy atom. The maximum absolute atomic E-state index is 6.92. The Morgan fingerprint density at radius 2 is 1.54 bits per heavy atom. The van der Waals surface area contributed by atoms with Gasteiger partial charge in [-0.2, -0.15) is 0 Å². The van der Waals surface area contributed by atoms with Crippen LogP contribution in [-0.4, -0.2) is 27.1 Å². The van der Waals surface area contributed by atoms with Crippen LogP contribution >= 0.6 is 0 Å². The Labute approximate surface area is 159 Å². The van der Waals surface area contributed by atoms with Crippen molar-refractivity contribution in [3.05, 3.63) is 73.3 Å². The fourth-order valence-corrected chi connectivity index (χ4v) is 8.60. The summed E-state index contributed by atoms with van der Waals surface area (Å²) >= 11 is 0. The second-order valence-electron chi connectivity index (χ2n) is 8.08. The molecule has 26 heavy (non-hydrogen) atoms. The topological polar surface area (TPSA) is 18.5 Å². The largest absolute Gasteiger partial charge is 0.405 e. The standard InChI is InChI=1S/C23H30O2Si/c1-5-19-16-17-20(25-19)18-24-26(23(2,3)4,21-12-8-6-9-13-21)22-14-10-7-11-15-22/h5-15,19-20H,1,16-18H2,2-4H3/t19-,20-/m1/s1. The van der Waals surface area contributed by atoms with Crippen LogP contribution in [0, 0.1) is 0 Å². The molecule has 3 heteroatoms. The summed E-state index contributed by atoms with van der Waals surface area (Å²) in [6.45, 7) is 11.4. The normalized spacial score (nSPS) is 20.9. The molecule has 1 aliphatic rings. The molecule has 0 unspecified atom stereocenters. The second-order valence-corrected chi connectivity index (χ2v) is 12.4. The Hall–Kier alpha value is -1.68. The van der Waals surface area contributed by atoms with Gasteiger partial charge in [-0.1, -0.05) is 87.5 Å². The van der Waals surface area contributed by atoms with E-state index in [-0.39, 0.29) is 17.2 Å². The van der Waals surface area contributed by atoms with E-state index in [1.54, 1.807) is 0 Å². The third-order valence-corrected chi connectivity index (χ3v) is 10.3. The van der Waals surface area contributed by atoms with E-state index in [1.807, 2.05) is 6.08 Å². The zero-order valence-electron chi connectivity index (χ0n) is 16.2. The monoisotopic (exact) mass is 366 g/mol. The molecule has 0 radical (unpaired) electrons. The molecule has 0 N–H and O–H groups in total. The molecule has 2 aromatic rings. The molecule has 2 atom stereocenters. The lowest BCUT2D eigenvalue weighted by molar-refractivity contribution is 0.0357. The van der Waals surface area contributed by atoms with Crippen LogP contribution in [0.15, 0.2) is 73.3 Å². The summed E-state index contributed by atoms with van der Waals surface area (Å²) in [5, 5.41) is 2.64. The molecule has 0 saturated carbocycles. The molecule has 1 heterocycles. The van der Waals surface area contributed by atoms with Gasteiger partial charge in [0.05, 0.1) is 18.8 Å². The van der Waals surface area contributed by atoms with Crippen molar-refractivity contribution >= 4 is 18.7 Å². The third-order valence-electron chi connectivity index (χ3n) is 5.31. The van der Waals surface area contributed by atoms with Gasteiger partial charge in [-0.25, -0.2) is 0 Å². The zero-order chi connectivity index (χ0) is 18.6. The molecule has 138 valence electrons. The highest BCUT2D eigenvalue weighted by molar-refractivity contribution is 6.99. The number of ether oxygens (including phenoxy) is 1. The molecule has 1 fully saturated rings. The molecule has 0 bridgehead atoms. The van der Waals surface area contributed by atoms with Crippen molar-refractivity contribution in [3.8, 4) is 0 Å². The molecule has 2 nitrogen and oxygen atoms in total. The lowest BCUT2D eigenvalue weighted by Gasteiger charge is -2.43. The molecular weight excluding hydrogens is 336 g/mol. The first-order valence-electron chi connectivity index (χ1n) is 9.50. The van der Waals surface area contributed by atoms with E-state index in [4.69, 9.17) is 9.16 Å². The number of rotatable bonds is 6. The minimum Gasteiger partial charge on any atom is -0.405 e. The van der Waals surface area contributed by atoms with E-state index < -0.39 is 8.32 Å². The second kappa shape index (κ2) is 7.91. The average molecular weight is 367 g/mol. The summed E-state index contributed by atoms with van der Waals surface area (Å²) in [7, 11) is -2.45. The fourth-order valence-electron chi connectivity index (χ4n) is 4.01. The van der Waals surface area contributed by atoms with Gasteiger partial charge in [0.1, 0.15) is 0 Å². The molecule has 0 aromatic heterocycles. The number of benzene rings is 2. The molecule has 3 rings (SSSR count). The van der Waals surface area contributed by atoms with Crippen LogP contribution in [0.3, 0.4) is 0 Å². The highest BCUT2D eigenvalue weighted by Gasteiger charge is 2.50. The summed E-state index contributed by atoms with van der Waals surface area (Å²) in [5.74, 6) is 0. The number of hydrogen-bond donors (Lipinski definition) is 0. The van der Waals surface area contributed by atoms with Crippen LogP contribution in [-0.2, 0) is 9.16 Å². The van der Waals surface area contributed by atoms with Gasteiger partial charge in [0.15, 0.2) is 0 Å². The molecular formula is C23H30O2Si. The van der Waals surface area contributed by atoms with Crippen molar-refractivity contribution in [1.29, 1.82) is 0 Å². The van der Waals surface area contributed by atoms with Crippen molar-refractivity contribution in [1.82, 2.24) is 0 Å². The first kappa shape index (κ1) is 19.1. The summed E-state index contributed by atoms with van der Waals surface area (Å²) in [5.41, 5.74) is 0. The van der Waals surface area contributed by atoms with Crippen LogP contribution in [0.5, 0.6) is 0 Å². The van der Waals surface area contributed by atoms with Gasteiger partial charge in [-0.3, -0.25) is 0 Å². The van der Waals surface area contributed by atoms with Gasteiger partial charge >= 0.3 is 0 Å². The summed E-state index contributed by atoms with van der Waals surface area (Å²) in [6.07, 6.45) is 4.30. The minimum absolute atomic E-state index is 0.00610. The van der Waals surface area contributed by atoms with Crippen LogP contribution < -0.4 is 10.4 Å². The third kappa shape index (κ3) is 3.71. The number of hydrogen-bond acceptors (Lipinski definition) is 2. The Morgan fingerprint density at radius 3 is 1.96 bits per heavy atom. The maximum atomic E-state index is 6.92. The van der Waals surface area contributed by atoms with E-state index in [0.717, 1.165) is 12.8 Å². The summed E-state index contributed by atoms with van der Waals surface area (Å²) in [4.78, 5) is 0. The molecule has 2 aromatic carbocycles. The van der Waals surface area contributed by atoms with Crippen molar-refractivity contribution in [2.24, 2.45) is 0 Å². The van der Waals surface area contributed by atoms with Gasteiger partial charge in [0, 0.05) is 0 Å². The molecule has 1 aliphatic heterocycles. The van der Waals surface area contributed by atoms with E-state index in [9.17, 15) is 0 Å². The van der Waals surface area contributed by atoms with Crippen LogP contribution in [0.4, 0.5) is 0 Å². The minimum atomic E-state index is -2.45. The SMILES string of the molecule is C=C[C@@H]1CC[C@H](CO[Si](c2ccccc2)(c2ccccc2)C(C)(C)C)O1. The van der Waals surface area contributed by atoms with Gasteiger partial charge < -0.3 is 9.16 Å². The van der Waals surface area contributed by atoms with Crippen LogP contribution in [0.25, 0.3) is 0 Å². The van der Waals surface area contributed by atoms with Crippen LogP contribution in [0.1, 0.15) is 33.6 Å². The van der Waals surface area contributed by atoms with Crippen molar-refractivity contribution < 1.29 is 9.16 Å². The Bertz CT molecular complexity index is 666. The Kier molecular flexibility index (Phi) is 5.81. The summed E-state index contributed by atoms with van der Waals surface area (Å²) < 4.78 is 13.0. The predicted octanol–water partition coefficient (Wildman–Crippen LogP) is 4.30. The van der Waals surface area contributed by atoms with Gasteiger partial charge in [0.2, 0.25) is 0 Å². The molecule has 0 amide bonds. The van der Waals surface area contributed by atoms with Crippen molar-refractivity contribution in [2.45, 2.75) is 50.9 Å². The van der Waals surface area contributed by atoms with E-state index in [2.05, 4.69) is 88.0 Å². The first-order valence-corrected chi connectivity index (χ1v) is 11.4. The van der Waals surface area contributed by atoms with E-state index in [1.165, 1.54) is 10.4 Å². The average Bonchev–Trinajstić information content (AvgIpc) is 3.11. The van der Waals surface area contributed by atoms with Gasteiger partial charge in [-0.05, 0) is 28.3 Å². The van der Waals surface area contributed by atoms with E-state index in [0.29, 0.717) is 6.61 Å². The Balaban J connectivity index is 1.99. The maximum Gasteiger partial charge on any atom is 0.261 e. The van der Waals surface area contributed by atoms with E-state index >= 15 is 0 Å². The molecule has 0 aliphatic carbocycles. The van der Waals surface area contributed by atoms with Crippen LogP contribution in [0.2, 0.25) is 5.04 Å². The quantitative estimate of drug-likeness (QED) is 0.561. The smallest absolute Gasteiger partial charge is 0.261 e. The molecule has 0 spiro atoms. The first-order chi connectivity index (χ1) is 12.5. The predicted molar refractivity (Wildman–Crippen MR) is 112 cm³/mol. The zero-order valence-corrected chi connectivity index (χ0v) is 17.2. The van der Waals surface area contributed by atoms with Crippen molar-refractivity contribution in [3.63, 3.8) is 0 Å². The van der Waals surface area contributed by atoms with Gasteiger partial charge in [0.25, 0.3) is 8.32 Å². The van der Waals surface area contributed by atoms with Crippen molar-refractivity contribution in [2.75, 3.05) is 6.61 Å². The lowest BCUT2D eigenvalue weighted by atomic mass is 10.2. The summed E-state index contributed by atoms with van der Waals surface area (Å²) in [6, 6.07) is 21.5. The lowest BCUT2D eigenvalue weighted by Crippen LogP contribution is -2.67.